The highest BCUT2D eigenvalue weighted by Gasteiger charge is 2.21. The second-order valence-electron chi connectivity index (χ2n) is 6.98. The van der Waals surface area contributed by atoms with E-state index in [4.69, 9.17) is 9.72 Å². The summed E-state index contributed by atoms with van der Waals surface area (Å²) in [4.78, 5) is 20.9. The number of hydrogen-bond donors (Lipinski definition) is 0. The third-order valence-electron chi connectivity index (χ3n) is 5.22. The fourth-order valence-corrected chi connectivity index (χ4v) is 4.60. The van der Waals surface area contributed by atoms with Gasteiger partial charge in [0.1, 0.15) is 28.5 Å². The molecule has 1 aromatic carbocycles. The number of aromatic nitrogens is 3. The number of pyridine rings is 1. The molecule has 0 unspecified atom stereocenters. The summed E-state index contributed by atoms with van der Waals surface area (Å²) < 4.78 is 5.30. The predicted molar refractivity (Wildman–Crippen MR) is 115 cm³/mol. The number of hydrogen-bond acceptors (Lipinski definition) is 7. The lowest BCUT2D eigenvalue weighted by molar-refractivity contribution is 0.415. The molecule has 1 saturated heterocycles. The molecule has 3 aromatic heterocycles. The SMILES string of the molecule is COc1ccc2nc(N3CCN(c4ncnc5sc(C)cc45)CC3)ccc2c1. The third kappa shape index (κ3) is 3.01. The molecule has 5 rings (SSSR count). The summed E-state index contributed by atoms with van der Waals surface area (Å²) in [6, 6.07) is 12.4. The van der Waals surface area contributed by atoms with Crippen LogP contribution in [0.4, 0.5) is 11.6 Å². The van der Waals surface area contributed by atoms with Crippen molar-refractivity contribution in [2.75, 3.05) is 43.1 Å². The zero-order chi connectivity index (χ0) is 19.1. The topological polar surface area (TPSA) is 54.4 Å². The summed E-state index contributed by atoms with van der Waals surface area (Å²) >= 11 is 1.72. The van der Waals surface area contributed by atoms with E-state index < -0.39 is 0 Å². The number of methoxy groups -OCH3 is 1. The zero-order valence-electron chi connectivity index (χ0n) is 15.9. The van der Waals surface area contributed by atoms with Gasteiger partial charge in [0.25, 0.3) is 0 Å². The summed E-state index contributed by atoms with van der Waals surface area (Å²) in [5.41, 5.74) is 0.993. The Morgan fingerprint density at radius 1 is 0.964 bits per heavy atom. The third-order valence-corrected chi connectivity index (χ3v) is 6.17. The average molecular weight is 392 g/mol. The van der Waals surface area contributed by atoms with Crippen molar-refractivity contribution in [3.63, 3.8) is 0 Å². The van der Waals surface area contributed by atoms with Crippen LogP contribution in [-0.4, -0.2) is 48.2 Å². The number of aryl methyl sites for hydroxylation is 1. The Labute approximate surface area is 167 Å². The van der Waals surface area contributed by atoms with Gasteiger partial charge in [-0.3, -0.25) is 0 Å². The molecule has 0 saturated carbocycles. The van der Waals surface area contributed by atoms with Crippen molar-refractivity contribution in [2.24, 2.45) is 0 Å². The fourth-order valence-electron chi connectivity index (χ4n) is 3.76. The highest BCUT2D eigenvalue weighted by molar-refractivity contribution is 7.18. The number of thiophene rings is 1. The smallest absolute Gasteiger partial charge is 0.140 e. The first-order valence-electron chi connectivity index (χ1n) is 9.37. The van der Waals surface area contributed by atoms with Crippen molar-refractivity contribution < 1.29 is 4.74 Å². The Balaban J connectivity index is 1.36. The molecule has 0 amide bonds. The van der Waals surface area contributed by atoms with E-state index in [1.54, 1.807) is 24.8 Å². The molecule has 142 valence electrons. The van der Waals surface area contributed by atoms with E-state index in [1.165, 1.54) is 4.88 Å². The summed E-state index contributed by atoms with van der Waals surface area (Å²) in [5, 5.41) is 2.26. The maximum Gasteiger partial charge on any atom is 0.140 e. The maximum absolute atomic E-state index is 5.30. The molecule has 0 N–H and O–H groups in total. The Morgan fingerprint density at radius 3 is 2.61 bits per heavy atom. The molecule has 0 atom stereocenters. The molecule has 6 nitrogen and oxygen atoms in total. The van der Waals surface area contributed by atoms with Gasteiger partial charge in [0.2, 0.25) is 0 Å². The number of rotatable bonds is 3. The number of nitrogens with zero attached hydrogens (tertiary/aromatic N) is 5. The van der Waals surface area contributed by atoms with Crippen LogP contribution >= 0.6 is 11.3 Å². The van der Waals surface area contributed by atoms with Crippen LogP contribution in [0.2, 0.25) is 0 Å². The first-order chi connectivity index (χ1) is 13.7. The first kappa shape index (κ1) is 17.2. The number of fused-ring (bicyclic) bond motifs is 2. The minimum Gasteiger partial charge on any atom is -0.497 e. The van der Waals surface area contributed by atoms with Crippen molar-refractivity contribution in [3.8, 4) is 5.75 Å². The molecule has 7 heteroatoms. The monoisotopic (exact) mass is 391 g/mol. The molecule has 0 aliphatic carbocycles. The van der Waals surface area contributed by atoms with E-state index >= 15 is 0 Å². The van der Waals surface area contributed by atoms with Gasteiger partial charge in [0, 0.05) is 36.4 Å². The Hall–Kier alpha value is -2.93. The number of ether oxygens (including phenoxy) is 1. The zero-order valence-corrected chi connectivity index (χ0v) is 16.7. The molecule has 1 fully saturated rings. The highest BCUT2D eigenvalue weighted by atomic mass is 32.1. The lowest BCUT2D eigenvalue weighted by atomic mass is 10.2. The van der Waals surface area contributed by atoms with Gasteiger partial charge in [-0.05, 0) is 43.3 Å². The van der Waals surface area contributed by atoms with E-state index in [0.29, 0.717) is 0 Å². The molecule has 4 aromatic rings. The van der Waals surface area contributed by atoms with Crippen LogP contribution in [0.5, 0.6) is 5.75 Å². The van der Waals surface area contributed by atoms with Crippen LogP contribution in [0.3, 0.4) is 0 Å². The van der Waals surface area contributed by atoms with Crippen molar-refractivity contribution in [1.29, 1.82) is 0 Å². The minimum absolute atomic E-state index is 0.857. The Morgan fingerprint density at radius 2 is 1.79 bits per heavy atom. The quantitative estimate of drug-likeness (QED) is 0.528. The normalized spacial score (nSPS) is 14.8. The Kier molecular flexibility index (Phi) is 4.24. The lowest BCUT2D eigenvalue weighted by Gasteiger charge is -2.36. The van der Waals surface area contributed by atoms with Gasteiger partial charge in [-0.1, -0.05) is 0 Å². The molecule has 1 aliphatic heterocycles. The summed E-state index contributed by atoms with van der Waals surface area (Å²) in [6.07, 6.45) is 1.68. The van der Waals surface area contributed by atoms with Crippen molar-refractivity contribution >= 4 is 44.1 Å². The average Bonchev–Trinajstić information content (AvgIpc) is 3.13. The molecule has 0 radical (unpaired) electrons. The highest BCUT2D eigenvalue weighted by Crippen LogP contribution is 2.31. The van der Waals surface area contributed by atoms with Crippen molar-refractivity contribution in [2.45, 2.75) is 6.92 Å². The van der Waals surface area contributed by atoms with Crippen molar-refractivity contribution in [3.05, 3.63) is 47.6 Å². The largest absolute Gasteiger partial charge is 0.497 e. The van der Waals surface area contributed by atoms with Crippen LogP contribution < -0.4 is 14.5 Å². The number of piperazine rings is 1. The van der Waals surface area contributed by atoms with Gasteiger partial charge in [-0.25, -0.2) is 15.0 Å². The standard InChI is InChI=1S/C21H21N5OS/c1-14-11-17-20(22-13-23-21(17)28-14)26-9-7-25(8-10-26)19-6-3-15-12-16(27-2)4-5-18(15)24-19/h3-6,11-13H,7-10H2,1-2H3. The second-order valence-corrected chi connectivity index (χ2v) is 8.21. The van der Waals surface area contributed by atoms with Gasteiger partial charge in [-0.15, -0.1) is 11.3 Å². The predicted octanol–water partition coefficient (Wildman–Crippen LogP) is 3.88. The first-order valence-corrected chi connectivity index (χ1v) is 10.2. The van der Waals surface area contributed by atoms with Gasteiger partial charge in [-0.2, -0.15) is 0 Å². The van der Waals surface area contributed by atoms with E-state index in [1.807, 2.05) is 18.2 Å². The molecule has 4 heterocycles. The van der Waals surface area contributed by atoms with E-state index in [2.05, 4.69) is 44.9 Å². The number of anilines is 2. The minimum atomic E-state index is 0.857. The van der Waals surface area contributed by atoms with E-state index in [0.717, 1.165) is 64.7 Å². The lowest BCUT2D eigenvalue weighted by Crippen LogP contribution is -2.47. The summed E-state index contributed by atoms with van der Waals surface area (Å²) in [6.45, 7) is 5.80. The van der Waals surface area contributed by atoms with Gasteiger partial charge < -0.3 is 14.5 Å². The van der Waals surface area contributed by atoms with E-state index in [9.17, 15) is 0 Å². The number of benzene rings is 1. The summed E-state index contributed by atoms with van der Waals surface area (Å²) in [5.74, 6) is 2.93. The molecular weight excluding hydrogens is 370 g/mol. The fraction of sp³-hybridized carbons (Fsp3) is 0.286. The second kappa shape index (κ2) is 6.91. The molecule has 28 heavy (non-hydrogen) atoms. The molecule has 0 spiro atoms. The van der Waals surface area contributed by atoms with Gasteiger partial charge in [0.05, 0.1) is 18.0 Å². The van der Waals surface area contributed by atoms with Gasteiger partial charge in [0.15, 0.2) is 0 Å². The van der Waals surface area contributed by atoms with E-state index in [-0.39, 0.29) is 0 Å². The van der Waals surface area contributed by atoms with Crippen LogP contribution in [0.1, 0.15) is 4.88 Å². The molecule has 0 bridgehead atoms. The van der Waals surface area contributed by atoms with Crippen LogP contribution in [0, 0.1) is 6.92 Å². The summed E-state index contributed by atoms with van der Waals surface area (Å²) in [7, 11) is 1.69. The Bertz CT molecular complexity index is 1150. The van der Waals surface area contributed by atoms with Crippen LogP contribution in [0.25, 0.3) is 21.1 Å². The molecular formula is C21H21N5OS. The van der Waals surface area contributed by atoms with Crippen molar-refractivity contribution in [1.82, 2.24) is 15.0 Å². The van der Waals surface area contributed by atoms with Crippen LogP contribution in [-0.2, 0) is 0 Å². The van der Waals surface area contributed by atoms with Crippen LogP contribution in [0.15, 0.2) is 42.7 Å². The van der Waals surface area contributed by atoms with Gasteiger partial charge >= 0.3 is 0 Å². The molecule has 1 aliphatic rings. The maximum atomic E-state index is 5.30.